The standard InChI is InChI=1S/C14H10O4.C8H6O7S/c15-13(16)11-7-3-1-5-9(11)10-6-2-4-8-12(10)14(17)18;9-7(10)4-2-1-3-5(8(11)12)6(4)16(13,14)15/h1-8H,(H,15,16)(H,17,18);1-3H,(H,9,10)(H,11,12)(H,13,14,15). The van der Waals surface area contributed by atoms with E-state index in [0.29, 0.717) is 11.1 Å². The zero-order chi connectivity index (χ0) is 25.6. The molecule has 0 saturated heterocycles. The van der Waals surface area contributed by atoms with Crippen LogP contribution < -0.4 is 0 Å². The van der Waals surface area contributed by atoms with Crippen LogP contribution in [0.2, 0.25) is 0 Å². The van der Waals surface area contributed by atoms with Crippen molar-refractivity contribution in [1.82, 2.24) is 0 Å². The van der Waals surface area contributed by atoms with Gasteiger partial charge in [0.15, 0.2) is 0 Å². The third kappa shape index (κ3) is 5.82. The van der Waals surface area contributed by atoms with Gasteiger partial charge in [0.2, 0.25) is 0 Å². The Morgan fingerprint density at radius 2 is 0.794 bits per heavy atom. The summed E-state index contributed by atoms with van der Waals surface area (Å²) >= 11 is 0. The Labute approximate surface area is 191 Å². The highest BCUT2D eigenvalue weighted by molar-refractivity contribution is 7.86. The van der Waals surface area contributed by atoms with Crippen molar-refractivity contribution < 1.29 is 52.6 Å². The fraction of sp³-hybridized carbons (Fsp3) is 0. The van der Waals surface area contributed by atoms with Gasteiger partial charge in [-0.1, -0.05) is 42.5 Å². The monoisotopic (exact) mass is 488 g/mol. The minimum absolute atomic E-state index is 0.0891. The van der Waals surface area contributed by atoms with Gasteiger partial charge in [-0.05, 0) is 35.4 Å². The second-order valence-corrected chi connectivity index (χ2v) is 7.83. The van der Waals surface area contributed by atoms with Crippen LogP contribution in [-0.2, 0) is 10.1 Å². The maximum Gasteiger partial charge on any atom is 0.337 e. The normalized spacial score (nSPS) is 10.5. The molecule has 3 aromatic carbocycles. The molecule has 0 aliphatic rings. The van der Waals surface area contributed by atoms with Crippen molar-refractivity contribution in [3.8, 4) is 11.1 Å². The quantitative estimate of drug-likeness (QED) is 0.319. The molecular formula is C22H16O11S. The zero-order valence-electron chi connectivity index (χ0n) is 16.9. The molecule has 0 atom stereocenters. The largest absolute Gasteiger partial charge is 0.478 e. The van der Waals surface area contributed by atoms with E-state index in [4.69, 9.17) is 25.0 Å². The fourth-order valence-electron chi connectivity index (χ4n) is 2.96. The highest BCUT2D eigenvalue weighted by atomic mass is 32.2. The Bertz CT molecular complexity index is 1300. The molecule has 3 aromatic rings. The van der Waals surface area contributed by atoms with E-state index < -0.39 is 50.0 Å². The van der Waals surface area contributed by atoms with Crippen LogP contribution in [0.15, 0.2) is 71.6 Å². The van der Waals surface area contributed by atoms with Gasteiger partial charge in [0.25, 0.3) is 10.1 Å². The first-order valence-corrected chi connectivity index (χ1v) is 10.5. The molecule has 0 amide bonds. The van der Waals surface area contributed by atoms with E-state index in [1.54, 1.807) is 36.4 Å². The van der Waals surface area contributed by atoms with Crippen LogP contribution in [-0.4, -0.2) is 57.3 Å². The average Bonchev–Trinajstić information content (AvgIpc) is 2.78. The number of rotatable bonds is 6. The van der Waals surface area contributed by atoms with Gasteiger partial charge in [0.1, 0.15) is 4.90 Å². The minimum Gasteiger partial charge on any atom is -0.478 e. The number of carboxylic acid groups (broad SMARTS) is 4. The summed E-state index contributed by atoms with van der Waals surface area (Å²) in [5.74, 6) is -5.44. The molecule has 176 valence electrons. The summed E-state index contributed by atoms with van der Waals surface area (Å²) in [4.78, 5) is 42.5. The molecule has 0 aromatic heterocycles. The van der Waals surface area contributed by atoms with Crippen molar-refractivity contribution in [3.05, 3.63) is 89.0 Å². The zero-order valence-corrected chi connectivity index (χ0v) is 17.8. The van der Waals surface area contributed by atoms with E-state index in [9.17, 15) is 27.6 Å². The molecule has 0 heterocycles. The van der Waals surface area contributed by atoms with Gasteiger partial charge in [-0.25, -0.2) is 19.2 Å². The number of hydrogen-bond donors (Lipinski definition) is 5. The van der Waals surface area contributed by atoms with Gasteiger partial charge >= 0.3 is 23.9 Å². The molecule has 0 unspecified atom stereocenters. The molecule has 0 fully saturated rings. The van der Waals surface area contributed by atoms with Crippen molar-refractivity contribution >= 4 is 34.0 Å². The van der Waals surface area contributed by atoms with E-state index in [1.807, 2.05) is 0 Å². The van der Waals surface area contributed by atoms with Crippen LogP contribution in [0.1, 0.15) is 41.4 Å². The summed E-state index contributed by atoms with van der Waals surface area (Å²) < 4.78 is 30.6. The van der Waals surface area contributed by atoms with Gasteiger partial charge in [-0.15, -0.1) is 0 Å². The summed E-state index contributed by atoms with van der Waals surface area (Å²) in [7, 11) is -4.92. The third-order valence-electron chi connectivity index (χ3n) is 4.34. The Hall–Kier alpha value is -4.55. The molecule has 11 nitrogen and oxygen atoms in total. The summed E-state index contributed by atoms with van der Waals surface area (Å²) in [6.45, 7) is 0. The lowest BCUT2D eigenvalue weighted by Gasteiger charge is -2.08. The van der Waals surface area contributed by atoms with Crippen LogP contribution in [0.25, 0.3) is 11.1 Å². The van der Waals surface area contributed by atoms with Crippen molar-refractivity contribution in [3.63, 3.8) is 0 Å². The average molecular weight is 488 g/mol. The molecule has 0 bridgehead atoms. The summed E-state index contributed by atoms with van der Waals surface area (Å²) in [5, 5.41) is 35.6. The second-order valence-electron chi connectivity index (χ2n) is 6.47. The van der Waals surface area contributed by atoms with Crippen LogP contribution in [0.3, 0.4) is 0 Å². The predicted octanol–water partition coefficient (Wildman–Crippen LogP) is 3.08. The van der Waals surface area contributed by atoms with E-state index >= 15 is 0 Å². The molecule has 0 aliphatic heterocycles. The highest BCUT2D eigenvalue weighted by Gasteiger charge is 2.27. The SMILES string of the molecule is O=C(O)c1cccc(C(=O)O)c1S(=O)(=O)O.O=C(O)c1ccccc1-c1ccccc1C(=O)O. The van der Waals surface area contributed by atoms with Crippen molar-refractivity contribution in [2.45, 2.75) is 4.90 Å². The Morgan fingerprint density at radius 3 is 1.09 bits per heavy atom. The topological polar surface area (TPSA) is 204 Å². The number of hydrogen-bond acceptors (Lipinski definition) is 6. The minimum atomic E-state index is -4.92. The first-order valence-electron chi connectivity index (χ1n) is 9.08. The summed E-state index contributed by atoms with van der Waals surface area (Å²) in [6.07, 6.45) is 0. The number of carboxylic acids is 4. The molecular weight excluding hydrogens is 472 g/mol. The molecule has 0 saturated carbocycles. The van der Waals surface area contributed by atoms with Gasteiger partial charge < -0.3 is 20.4 Å². The fourth-order valence-corrected chi connectivity index (χ4v) is 3.83. The maximum absolute atomic E-state index is 11.1. The van der Waals surface area contributed by atoms with Crippen LogP contribution in [0.5, 0.6) is 0 Å². The first kappa shape index (κ1) is 25.7. The number of benzene rings is 3. The molecule has 5 N–H and O–H groups in total. The number of aromatic carboxylic acids is 4. The lowest BCUT2D eigenvalue weighted by molar-refractivity contribution is 0.0676. The van der Waals surface area contributed by atoms with Crippen LogP contribution in [0.4, 0.5) is 0 Å². The van der Waals surface area contributed by atoms with Gasteiger partial charge in [-0.3, -0.25) is 4.55 Å². The second kappa shape index (κ2) is 10.4. The van der Waals surface area contributed by atoms with E-state index in [2.05, 4.69) is 0 Å². The van der Waals surface area contributed by atoms with Crippen molar-refractivity contribution in [2.75, 3.05) is 0 Å². The van der Waals surface area contributed by atoms with Crippen LogP contribution >= 0.6 is 0 Å². The number of carbonyl (C=O) groups is 4. The van der Waals surface area contributed by atoms with Crippen LogP contribution in [0, 0.1) is 0 Å². The van der Waals surface area contributed by atoms with E-state index in [1.165, 1.54) is 12.1 Å². The van der Waals surface area contributed by atoms with E-state index in [-0.39, 0.29) is 11.1 Å². The molecule has 34 heavy (non-hydrogen) atoms. The smallest absolute Gasteiger partial charge is 0.337 e. The Balaban J connectivity index is 0.000000242. The molecule has 0 spiro atoms. The van der Waals surface area contributed by atoms with Crippen molar-refractivity contribution in [2.24, 2.45) is 0 Å². The van der Waals surface area contributed by atoms with Gasteiger partial charge in [0.05, 0.1) is 22.3 Å². The van der Waals surface area contributed by atoms with E-state index in [0.717, 1.165) is 18.2 Å². The molecule has 0 aliphatic carbocycles. The lowest BCUT2D eigenvalue weighted by Crippen LogP contribution is -2.14. The van der Waals surface area contributed by atoms with Gasteiger partial charge in [0, 0.05) is 0 Å². The third-order valence-corrected chi connectivity index (χ3v) is 5.29. The molecule has 0 radical (unpaired) electrons. The molecule has 3 rings (SSSR count). The summed E-state index contributed by atoms with van der Waals surface area (Å²) in [6, 6.07) is 15.5. The molecule has 12 heteroatoms. The summed E-state index contributed by atoms with van der Waals surface area (Å²) in [5.41, 5.74) is -0.590. The first-order chi connectivity index (χ1) is 15.9. The Morgan fingerprint density at radius 1 is 0.500 bits per heavy atom. The maximum atomic E-state index is 11.1. The van der Waals surface area contributed by atoms with Gasteiger partial charge in [-0.2, -0.15) is 8.42 Å². The van der Waals surface area contributed by atoms with Crippen molar-refractivity contribution in [1.29, 1.82) is 0 Å². The highest BCUT2D eigenvalue weighted by Crippen LogP contribution is 2.27. The Kier molecular flexibility index (Phi) is 7.85. The lowest BCUT2D eigenvalue weighted by atomic mass is 9.95. The predicted molar refractivity (Wildman–Crippen MR) is 116 cm³/mol.